The SMILES string of the molecule is COC(=O)CCN1CCN(c2cc3c(cc2F)c(=O)c(C(=O)O)cn3C2CC2)CC1c1ccccc1. The van der Waals surface area contributed by atoms with Crippen molar-refractivity contribution in [3.8, 4) is 0 Å². The molecule has 1 unspecified atom stereocenters. The molecular formula is C27H28FN3O5. The summed E-state index contributed by atoms with van der Waals surface area (Å²) in [6.07, 6.45) is 3.44. The number of pyridine rings is 1. The van der Waals surface area contributed by atoms with Crippen LogP contribution in [0.25, 0.3) is 10.9 Å². The van der Waals surface area contributed by atoms with Gasteiger partial charge in [0.05, 0.1) is 30.8 Å². The van der Waals surface area contributed by atoms with Crippen LogP contribution in [0.2, 0.25) is 0 Å². The molecular weight excluding hydrogens is 465 g/mol. The molecule has 0 radical (unpaired) electrons. The fourth-order valence-corrected chi connectivity index (χ4v) is 5.04. The van der Waals surface area contributed by atoms with Gasteiger partial charge < -0.3 is 19.3 Å². The number of ether oxygens (including phenoxy) is 1. The topological polar surface area (TPSA) is 92.1 Å². The number of nitrogens with zero attached hydrogens (tertiary/aromatic N) is 3. The Kier molecular flexibility index (Phi) is 6.49. The van der Waals surface area contributed by atoms with E-state index in [1.165, 1.54) is 19.4 Å². The zero-order chi connectivity index (χ0) is 25.4. The van der Waals surface area contributed by atoms with E-state index in [9.17, 15) is 19.5 Å². The van der Waals surface area contributed by atoms with Crippen LogP contribution in [0.1, 0.15) is 47.3 Å². The molecule has 0 bridgehead atoms. The van der Waals surface area contributed by atoms with Crippen LogP contribution >= 0.6 is 0 Å². The first kappa shape index (κ1) is 24.0. The van der Waals surface area contributed by atoms with Crippen LogP contribution in [0.3, 0.4) is 0 Å². The second-order valence-electron chi connectivity index (χ2n) is 9.37. The number of carbonyl (C=O) groups excluding carboxylic acids is 1. The first-order valence-corrected chi connectivity index (χ1v) is 12.1. The van der Waals surface area contributed by atoms with Gasteiger partial charge in [-0.05, 0) is 30.5 Å². The minimum Gasteiger partial charge on any atom is -0.477 e. The van der Waals surface area contributed by atoms with Crippen molar-refractivity contribution in [1.29, 1.82) is 0 Å². The summed E-state index contributed by atoms with van der Waals surface area (Å²) in [5, 5.41) is 9.57. The Morgan fingerprint density at radius 3 is 2.56 bits per heavy atom. The fourth-order valence-electron chi connectivity index (χ4n) is 5.04. The molecule has 9 heteroatoms. The number of rotatable bonds is 7. The molecule has 188 valence electrons. The van der Waals surface area contributed by atoms with Crippen molar-refractivity contribution < 1.29 is 23.8 Å². The van der Waals surface area contributed by atoms with Crippen LogP contribution in [-0.2, 0) is 9.53 Å². The zero-order valence-electron chi connectivity index (χ0n) is 20.0. The Morgan fingerprint density at radius 1 is 1.14 bits per heavy atom. The number of aromatic carboxylic acids is 1. The summed E-state index contributed by atoms with van der Waals surface area (Å²) in [5.74, 6) is -2.14. The molecule has 2 heterocycles. The number of piperazine rings is 1. The molecule has 0 spiro atoms. The van der Waals surface area contributed by atoms with Crippen molar-refractivity contribution in [2.45, 2.75) is 31.3 Å². The highest BCUT2D eigenvalue weighted by molar-refractivity contribution is 5.93. The van der Waals surface area contributed by atoms with E-state index in [-0.39, 0.29) is 35.4 Å². The molecule has 1 saturated carbocycles. The summed E-state index contributed by atoms with van der Waals surface area (Å²) in [6.45, 7) is 2.17. The van der Waals surface area contributed by atoms with Crippen LogP contribution in [0.4, 0.5) is 10.1 Å². The molecule has 5 rings (SSSR count). The first-order valence-electron chi connectivity index (χ1n) is 12.1. The Labute approximate surface area is 207 Å². The third-order valence-electron chi connectivity index (χ3n) is 7.12. The lowest BCUT2D eigenvalue weighted by molar-refractivity contribution is -0.141. The quantitative estimate of drug-likeness (QED) is 0.503. The van der Waals surface area contributed by atoms with Gasteiger partial charge in [-0.3, -0.25) is 14.5 Å². The van der Waals surface area contributed by atoms with E-state index in [1.54, 1.807) is 6.07 Å². The summed E-state index contributed by atoms with van der Waals surface area (Å²) in [7, 11) is 1.37. The molecule has 2 aliphatic rings. The van der Waals surface area contributed by atoms with Crippen LogP contribution in [0.5, 0.6) is 0 Å². The molecule has 36 heavy (non-hydrogen) atoms. The van der Waals surface area contributed by atoms with E-state index in [4.69, 9.17) is 4.74 Å². The third-order valence-corrected chi connectivity index (χ3v) is 7.12. The van der Waals surface area contributed by atoms with Gasteiger partial charge in [0.25, 0.3) is 0 Å². The summed E-state index contributed by atoms with van der Waals surface area (Å²) in [6, 6.07) is 12.8. The number of fused-ring (bicyclic) bond motifs is 1. The summed E-state index contributed by atoms with van der Waals surface area (Å²) in [5.41, 5.74) is 0.981. The molecule has 1 aliphatic heterocycles. The van der Waals surface area contributed by atoms with Gasteiger partial charge in [-0.25, -0.2) is 9.18 Å². The van der Waals surface area contributed by atoms with Gasteiger partial charge in [-0.15, -0.1) is 0 Å². The highest BCUT2D eigenvalue weighted by Gasteiger charge is 2.32. The second-order valence-corrected chi connectivity index (χ2v) is 9.37. The van der Waals surface area contributed by atoms with Crippen molar-refractivity contribution in [3.63, 3.8) is 0 Å². The van der Waals surface area contributed by atoms with Crippen LogP contribution in [-0.4, -0.2) is 59.8 Å². The van der Waals surface area contributed by atoms with Gasteiger partial charge in [-0.2, -0.15) is 0 Å². The molecule has 3 aromatic rings. The second kappa shape index (κ2) is 9.73. The Balaban J connectivity index is 1.52. The monoisotopic (exact) mass is 493 g/mol. The molecule has 1 saturated heterocycles. The Hall–Kier alpha value is -3.72. The fraction of sp³-hybridized carbons (Fsp3) is 0.370. The van der Waals surface area contributed by atoms with Crippen molar-refractivity contribution in [2.24, 2.45) is 0 Å². The number of hydrogen-bond donors (Lipinski definition) is 1. The maximum atomic E-state index is 15.5. The van der Waals surface area contributed by atoms with E-state index in [0.29, 0.717) is 37.4 Å². The van der Waals surface area contributed by atoms with Crippen LogP contribution in [0.15, 0.2) is 53.5 Å². The molecule has 1 aliphatic carbocycles. The van der Waals surface area contributed by atoms with Crippen molar-refractivity contribution >= 4 is 28.5 Å². The molecule has 2 fully saturated rings. The average molecular weight is 494 g/mol. The number of carbonyl (C=O) groups is 2. The van der Waals surface area contributed by atoms with Gasteiger partial charge in [0.2, 0.25) is 5.43 Å². The van der Waals surface area contributed by atoms with E-state index in [0.717, 1.165) is 18.4 Å². The Morgan fingerprint density at radius 2 is 1.89 bits per heavy atom. The van der Waals surface area contributed by atoms with Crippen LogP contribution in [0, 0.1) is 5.82 Å². The number of esters is 1. The van der Waals surface area contributed by atoms with Crippen molar-refractivity contribution in [2.75, 3.05) is 38.2 Å². The van der Waals surface area contributed by atoms with E-state index in [2.05, 4.69) is 4.90 Å². The molecule has 1 N–H and O–H groups in total. The molecule has 1 atom stereocenters. The maximum absolute atomic E-state index is 15.5. The minimum atomic E-state index is -1.31. The minimum absolute atomic E-state index is 0.0697. The number of carboxylic acid groups (broad SMARTS) is 1. The number of methoxy groups -OCH3 is 1. The predicted molar refractivity (Wildman–Crippen MR) is 133 cm³/mol. The number of benzene rings is 2. The molecule has 1 aromatic heterocycles. The lowest BCUT2D eigenvalue weighted by atomic mass is 10.0. The summed E-state index contributed by atoms with van der Waals surface area (Å²) >= 11 is 0. The van der Waals surface area contributed by atoms with Crippen molar-refractivity contribution in [3.05, 3.63) is 75.8 Å². The van der Waals surface area contributed by atoms with Crippen molar-refractivity contribution in [1.82, 2.24) is 9.47 Å². The van der Waals surface area contributed by atoms with Gasteiger partial charge >= 0.3 is 11.9 Å². The normalized spacial score (nSPS) is 18.4. The number of anilines is 1. The third kappa shape index (κ3) is 4.58. The smallest absolute Gasteiger partial charge is 0.341 e. The standard InChI is InChI=1S/C27H28FN3O5/c1-36-25(32)9-10-29-11-12-30(16-24(29)17-5-3-2-4-6-17)23-14-22-19(13-21(23)28)26(33)20(27(34)35)15-31(22)18-7-8-18/h2-6,13-15,18,24H,7-12,16H2,1H3,(H,34,35). The highest BCUT2D eigenvalue weighted by atomic mass is 19.1. The molecule has 8 nitrogen and oxygen atoms in total. The van der Waals surface area contributed by atoms with Gasteiger partial charge in [0, 0.05) is 43.8 Å². The number of carboxylic acids is 1. The van der Waals surface area contributed by atoms with E-state index in [1.807, 2.05) is 39.8 Å². The number of hydrogen-bond acceptors (Lipinski definition) is 6. The summed E-state index contributed by atoms with van der Waals surface area (Å²) in [4.78, 5) is 40.4. The number of aromatic nitrogens is 1. The summed E-state index contributed by atoms with van der Waals surface area (Å²) < 4.78 is 22.1. The van der Waals surface area contributed by atoms with Gasteiger partial charge in [0.15, 0.2) is 0 Å². The van der Waals surface area contributed by atoms with E-state index >= 15 is 4.39 Å². The Bertz CT molecular complexity index is 1370. The molecule has 0 amide bonds. The first-order chi connectivity index (χ1) is 17.4. The van der Waals surface area contributed by atoms with E-state index < -0.39 is 17.2 Å². The lowest BCUT2D eigenvalue weighted by Crippen LogP contribution is -2.49. The van der Waals surface area contributed by atoms with Crippen LogP contribution < -0.4 is 10.3 Å². The number of halogens is 1. The zero-order valence-corrected chi connectivity index (χ0v) is 20.0. The van der Waals surface area contributed by atoms with Gasteiger partial charge in [0.1, 0.15) is 11.4 Å². The average Bonchev–Trinajstić information content (AvgIpc) is 3.73. The maximum Gasteiger partial charge on any atom is 0.341 e. The lowest BCUT2D eigenvalue weighted by Gasteiger charge is -2.42. The molecule has 2 aromatic carbocycles. The largest absolute Gasteiger partial charge is 0.477 e. The highest BCUT2D eigenvalue weighted by Crippen LogP contribution is 2.39. The van der Waals surface area contributed by atoms with Gasteiger partial charge in [-0.1, -0.05) is 30.3 Å². The predicted octanol–water partition coefficient (Wildman–Crippen LogP) is 3.60.